The lowest BCUT2D eigenvalue weighted by Crippen LogP contribution is -2.32. The van der Waals surface area contributed by atoms with Gasteiger partial charge in [0, 0.05) is 29.7 Å². The quantitative estimate of drug-likeness (QED) is 0.273. The van der Waals surface area contributed by atoms with E-state index in [1.807, 2.05) is 57.2 Å². The number of nitriles is 1. The van der Waals surface area contributed by atoms with Crippen LogP contribution in [0.1, 0.15) is 52.7 Å². The van der Waals surface area contributed by atoms with Crippen LogP contribution in [0.5, 0.6) is 0 Å². The average molecular weight is 543 g/mol. The fourth-order valence-electron chi connectivity index (χ4n) is 3.57. The van der Waals surface area contributed by atoms with Crippen molar-refractivity contribution in [2.75, 3.05) is 11.1 Å². The fraction of sp³-hybridized carbons (Fsp3) is 0.300. The molecule has 208 valence electrons. The van der Waals surface area contributed by atoms with Crippen molar-refractivity contribution >= 4 is 45.4 Å². The van der Waals surface area contributed by atoms with Crippen molar-refractivity contribution in [1.29, 1.82) is 5.26 Å². The number of rotatable bonds is 3. The van der Waals surface area contributed by atoms with Gasteiger partial charge in [-0.05, 0) is 88.2 Å². The number of amides is 2. The molecule has 10 nitrogen and oxygen atoms in total. The van der Waals surface area contributed by atoms with E-state index < -0.39 is 23.4 Å². The molecule has 4 N–H and O–H groups in total. The predicted molar refractivity (Wildman–Crippen MR) is 156 cm³/mol. The molecule has 2 aromatic carbocycles. The number of nitrogens with two attached hydrogens (primary N) is 1. The van der Waals surface area contributed by atoms with Crippen LogP contribution in [-0.4, -0.2) is 33.4 Å². The molecule has 0 spiro atoms. The van der Waals surface area contributed by atoms with Crippen molar-refractivity contribution in [1.82, 2.24) is 15.3 Å². The Kier molecular flexibility index (Phi) is 9.11. The average Bonchev–Trinajstić information content (AvgIpc) is 2.86. The Balaban J connectivity index is 0.000000281. The summed E-state index contributed by atoms with van der Waals surface area (Å²) < 4.78 is 10.5. The summed E-state index contributed by atoms with van der Waals surface area (Å²) in [5.41, 5.74) is 5.96. The molecular formula is C30H34N6O4. The zero-order valence-electron chi connectivity index (χ0n) is 23.5. The third-order valence-electron chi connectivity index (χ3n) is 5.21. The molecule has 4 rings (SSSR count). The molecule has 40 heavy (non-hydrogen) atoms. The Bertz CT molecular complexity index is 1570. The van der Waals surface area contributed by atoms with Crippen LogP contribution in [0.2, 0.25) is 0 Å². The SMILES string of the molecule is CC(C)(C)OC(=O)NCc1ccc2ccnc(NC(=O)OC(C)(C)C)c2c1.N#Cc1ccc2ccnc(N)c2c1. The van der Waals surface area contributed by atoms with E-state index in [9.17, 15) is 9.59 Å². The highest BCUT2D eigenvalue weighted by Gasteiger charge is 2.18. The summed E-state index contributed by atoms with van der Waals surface area (Å²) in [6.45, 7) is 11.1. The predicted octanol–water partition coefficient (Wildman–Crippen LogP) is 6.30. The molecule has 0 bridgehead atoms. The first kappa shape index (κ1) is 29.6. The highest BCUT2D eigenvalue weighted by atomic mass is 16.6. The molecule has 0 saturated heterocycles. The second kappa shape index (κ2) is 12.3. The molecule has 0 aliphatic heterocycles. The lowest BCUT2D eigenvalue weighted by molar-refractivity contribution is 0.0522. The van der Waals surface area contributed by atoms with Gasteiger partial charge in [-0.15, -0.1) is 0 Å². The minimum Gasteiger partial charge on any atom is -0.444 e. The van der Waals surface area contributed by atoms with E-state index in [-0.39, 0.29) is 0 Å². The molecule has 2 amide bonds. The van der Waals surface area contributed by atoms with E-state index in [1.54, 1.807) is 45.3 Å². The number of nitrogen functional groups attached to an aromatic ring is 1. The van der Waals surface area contributed by atoms with Crippen molar-refractivity contribution < 1.29 is 19.1 Å². The molecule has 0 saturated carbocycles. The summed E-state index contributed by atoms with van der Waals surface area (Å²) in [6, 6.07) is 16.8. The summed E-state index contributed by atoms with van der Waals surface area (Å²) in [7, 11) is 0. The second-order valence-corrected chi connectivity index (χ2v) is 10.9. The molecule has 2 aromatic heterocycles. The third kappa shape index (κ3) is 8.84. The maximum atomic E-state index is 12.1. The second-order valence-electron chi connectivity index (χ2n) is 10.9. The minimum absolute atomic E-state index is 0.297. The van der Waals surface area contributed by atoms with Gasteiger partial charge in [0.1, 0.15) is 22.8 Å². The number of fused-ring (bicyclic) bond motifs is 2. The van der Waals surface area contributed by atoms with Crippen LogP contribution >= 0.6 is 0 Å². The van der Waals surface area contributed by atoms with Crippen molar-refractivity contribution in [3.05, 3.63) is 72.1 Å². The van der Waals surface area contributed by atoms with E-state index in [0.29, 0.717) is 23.7 Å². The number of hydrogen-bond donors (Lipinski definition) is 3. The van der Waals surface area contributed by atoms with Crippen LogP contribution in [0.15, 0.2) is 60.9 Å². The highest BCUT2D eigenvalue weighted by Crippen LogP contribution is 2.23. The number of nitrogens with zero attached hydrogens (tertiary/aromatic N) is 3. The third-order valence-corrected chi connectivity index (χ3v) is 5.21. The highest BCUT2D eigenvalue weighted by molar-refractivity contribution is 5.98. The zero-order valence-corrected chi connectivity index (χ0v) is 23.5. The van der Waals surface area contributed by atoms with E-state index >= 15 is 0 Å². The largest absolute Gasteiger partial charge is 0.444 e. The first-order valence-electron chi connectivity index (χ1n) is 12.6. The summed E-state index contributed by atoms with van der Waals surface area (Å²) in [5.74, 6) is 0.871. The van der Waals surface area contributed by atoms with Gasteiger partial charge in [0.25, 0.3) is 0 Å². The number of aromatic nitrogens is 2. The van der Waals surface area contributed by atoms with Crippen LogP contribution in [0.25, 0.3) is 21.5 Å². The normalized spacial score (nSPS) is 11.1. The molecule has 2 heterocycles. The molecular weight excluding hydrogens is 508 g/mol. The molecule has 0 aliphatic carbocycles. The van der Waals surface area contributed by atoms with E-state index in [1.165, 1.54) is 0 Å². The minimum atomic E-state index is -0.600. The summed E-state index contributed by atoms with van der Waals surface area (Å²) in [4.78, 5) is 32.1. The lowest BCUT2D eigenvalue weighted by Gasteiger charge is -2.20. The van der Waals surface area contributed by atoms with Crippen molar-refractivity contribution in [2.45, 2.75) is 59.3 Å². The molecule has 0 aliphatic rings. The van der Waals surface area contributed by atoms with Crippen LogP contribution in [-0.2, 0) is 16.0 Å². The smallest absolute Gasteiger partial charge is 0.413 e. The molecule has 0 radical (unpaired) electrons. The Hall–Kier alpha value is -4.91. The van der Waals surface area contributed by atoms with Crippen molar-refractivity contribution in [3.8, 4) is 6.07 Å². The Morgan fingerprint density at radius 2 is 1.45 bits per heavy atom. The molecule has 0 unspecified atom stereocenters. The van der Waals surface area contributed by atoms with Crippen LogP contribution < -0.4 is 16.4 Å². The first-order chi connectivity index (χ1) is 18.7. The number of nitrogens with one attached hydrogen (secondary N) is 2. The Morgan fingerprint density at radius 3 is 2.10 bits per heavy atom. The number of carbonyl (C=O) groups is 2. The number of hydrogen-bond acceptors (Lipinski definition) is 8. The Morgan fingerprint density at radius 1 is 0.850 bits per heavy atom. The van der Waals surface area contributed by atoms with Gasteiger partial charge in [-0.3, -0.25) is 5.32 Å². The number of pyridine rings is 2. The van der Waals surface area contributed by atoms with Gasteiger partial charge >= 0.3 is 12.2 Å². The van der Waals surface area contributed by atoms with Crippen LogP contribution in [0.4, 0.5) is 21.2 Å². The monoisotopic (exact) mass is 542 g/mol. The fourth-order valence-corrected chi connectivity index (χ4v) is 3.57. The summed E-state index contributed by atoms with van der Waals surface area (Å²) in [6.07, 6.45) is 2.22. The van der Waals surface area contributed by atoms with Crippen molar-refractivity contribution in [2.24, 2.45) is 0 Å². The van der Waals surface area contributed by atoms with Gasteiger partial charge < -0.3 is 20.5 Å². The molecule has 4 aromatic rings. The van der Waals surface area contributed by atoms with Gasteiger partial charge in [0.2, 0.25) is 0 Å². The first-order valence-corrected chi connectivity index (χ1v) is 12.6. The maximum Gasteiger partial charge on any atom is 0.413 e. The number of ether oxygens (including phenoxy) is 2. The lowest BCUT2D eigenvalue weighted by atomic mass is 10.1. The standard InChI is InChI=1S/C20H27N3O4.C10H7N3/c1-19(2,3)26-17(24)22-12-13-7-8-14-9-10-21-16(15(14)11-13)23-18(25)27-20(4,5)6;11-6-7-1-2-8-3-4-13-10(12)9(8)5-7/h7-11H,12H2,1-6H3,(H,22,24)(H,21,23,25);1-5H,(H2,12,13). The molecule has 0 fully saturated rings. The van der Waals surface area contributed by atoms with E-state index in [2.05, 4.69) is 26.7 Å². The van der Waals surface area contributed by atoms with E-state index in [0.717, 1.165) is 27.1 Å². The van der Waals surface area contributed by atoms with E-state index in [4.69, 9.17) is 20.5 Å². The number of benzene rings is 2. The van der Waals surface area contributed by atoms with Gasteiger partial charge in [0.15, 0.2) is 0 Å². The Labute approximate surface area is 233 Å². The maximum absolute atomic E-state index is 12.1. The zero-order chi connectivity index (χ0) is 29.5. The van der Waals surface area contributed by atoms with Crippen LogP contribution in [0, 0.1) is 11.3 Å². The van der Waals surface area contributed by atoms with Gasteiger partial charge in [0.05, 0.1) is 11.6 Å². The number of carbonyl (C=O) groups excluding carboxylic acids is 2. The summed E-state index contributed by atoms with van der Waals surface area (Å²) in [5, 5.41) is 17.6. The van der Waals surface area contributed by atoms with Crippen molar-refractivity contribution in [3.63, 3.8) is 0 Å². The van der Waals surface area contributed by atoms with Gasteiger partial charge in [-0.1, -0.05) is 18.2 Å². The van der Waals surface area contributed by atoms with Gasteiger partial charge in [-0.2, -0.15) is 5.26 Å². The van der Waals surface area contributed by atoms with Crippen LogP contribution in [0.3, 0.4) is 0 Å². The molecule has 0 atom stereocenters. The molecule has 10 heteroatoms. The topological polar surface area (TPSA) is 152 Å². The van der Waals surface area contributed by atoms with Gasteiger partial charge in [-0.25, -0.2) is 19.6 Å². The number of anilines is 2. The number of alkyl carbamates (subject to hydrolysis) is 1. The summed E-state index contributed by atoms with van der Waals surface area (Å²) >= 11 is 0.